The van der Waals surface area contributed by atoms with Gasteiger partial charge in [-0.05, 0) is 50.5 Å². The van der Waals surface area contributed by atoms with Gasteiger partial charge in [-0.25, -0.2) is 0 Å². The van der Waals surface area contributed by atoms with Crippen molar-refractivity contribution >= 4 is 11.6 Å². The Labute approximate surface area is 109 Å². The van der Waals surface area contributed by atoms with Gasteiger partial charge in [0.2, 0.25) is 0 Å². The number of nitrogens with zero attached hydrogens (tertiary/aromatic N) is 2. The lowest BCUT2D eigenvalue weighted by Gasteiger charge is -2.12. The molecule has 0 bridgehead atoms. The lowest BCUT2D eigenvalue weighted by atomic mass is 10.0. The van der Waals surface area contributed by atoms with Crippen LogP contribution in [-0.4, -0.2) is 15.2 Å². The predicted molar refractivity (Wildman–Crippen MR) is 72.5 cm³/mol. The SMILES string of the molecule is CCC(CC)n1ccc(CC2CCC(Cl)C2)n1. The van der Waals surface area contributed by atoms with Crippen molar-refractivity contribution in [3.63, 3.8) is 0 Å². The van der Waals surface area contributed by atoms with Crippen molar-refractivity contribution in [2.75, 3.05) is 0 Å². The van der Waals surface area contributed by atoms with E-state index in [4.69, 9.17) is 16.7 Å². The van der Waals surface area contributed by atoms with Crippen LogP contribution < -0.4 is 0 Å². The van der Waals surface area contributed by atoms with Crippen LogP contribution in [0.1, 0.15) is 57.7 Å². The number of hydrogen-bond acceptors (Lipinski definition) is 1. The Morgan fingerprint density at radius 2 is 2.18 bits per heavy atom. The van der Waals surface area contributed by atoms with Crippen molar-refractivity contribution in [3.05, 3.63) is 18.0 Å². The Morgan fingerprint density at radius 3 is 2.76 bits per heavy atom. The van der Waals surface area contributed by atoms with Crippen LogP contribution in [0.5, 0.6) is 0 Å². The summed E-state index contributed by atoms with van der Waals surface area (Å²) in [6, 6.07) is 2.74. The fourth-order valence-corrected chi connectivity index (χ4v) is 3.23. The molecule has 0 spiro atoms. The van der Waals surface area contributed by atoms with E-state index in [0.717, 1.165) is 25.2 Å². The lowest BCUT2D eigenvalue weighted by molar-refractivity contribution is 0.421. The first-order valence-corrected chi connectivity index (χ1v) is 7.34. The molecule has 1 fully saturated rings. The van der Waals surface area contributed by atoms with E-state index in [9.17, 15) is 0 Å². The second-order valence-corrected chi connectivity index (χ2v) is 5.86. The van der Waals surface area contributed by atoms with Crippen LogP contribution in [0.3, 0.4) is 0 Å². The molecule has 2 unspecified atom stereocenters. The van der Waals surface area contributed by atoms with Crippen molar-refractivity contribution in [2.24, 2.45) is 5.92 Å². The first-order valence-electron chi connectivity index (χ1n) is 6.91. The zero-order valence-electron chi connectivity index (χ0n) is 10.9. The summed E-state index contributed by atoms with van der Waals surface area (Å²) in [5, 5.41) is 5.12. The second-order valence-electron chi connectivity index (χ2n) is 5.24. The summed E-state index contributed by atoms with van der Waals surface area (Å²) in [6.45, 7) is 4.45. The summed E-state index contributed by atoms with van der Waals surface area (Å²) in [7, 11) is 0. The van der Waals surface area contributed by atoms with Gasteiger partial charge in [-0.15, -0.1) is 11.6 Å². The zero-order valence-corrected chi connectivity index (χ0v) is 11.7. The summed E-state index contributed by atoms with van der Waals surface area (Å²) < 4.78 is 2.14. The van der Waals surface area contributed by atoms with Crippen LogP contribution in [0.15, 0.2) is 12.3 Å². The second kappa shape index (κ2) is 5.90. The van der Waals surface area contributed by atoms with E-state index in [-0.39, 0.29) is 0 Å². The van der Waals surface area contributed by atoms with Gasteiger partial charge < -0.3 is 0 Å². The largest absolute Gasteiger partial charge is 0.269 e. The zero-order chi connectivity index (χ0) is 12.3. The monoisotopic (exact) mass is 254 g/mol. The van der Waals surface area contributed by atoms with E-state index in [2.05, 4.69) is 30.8 Å². The molecule has 2 rings (SSSR count). The maximum atomic E-state index is 6.15. The minimum Gasteiger partial charge on any atom is -0.269 e. The molecular formula is C14H23ClN2. The smallest absolute Gasteiger partial charge is 0.0627 e. The van der Waals surface area contributed by atoms with Gasteiger partial charge in [0.25, 0.3) is 0 Å². The highest BCUT2D eigenvalue weighted by Crippen LogP contribution is 2.31. The van der Waals surface area contributed by atoms with Crippen LogP contribution in [-0.2, 0) is 6.42 Å². The van der Waals surface area contributed by atoms with Crippen molar-refractivity contribution in [3.8, 4) is 0 Å². The highest BCUT2D eigenvalue weighted by atomic mass is 35.5. The molecule has 0 amide bonds. The number of hydrogen-bond donors (Lipinski definition) is 0. The molecule has 0 radical (unpaired) electrons. The van der Waals surface area contributed by atoms with Crippen molar-refractivity contribution in [1.29, 1.82) is 0 Å². The van der Waals surface area contributed by atoms with Crippen molar-refractivity contribution < 1.29 is 0 Å². The predicted octanol–water partition coefficient (Wildman–Crippen LogP) is 4.19. The van der Waals surface area contributed by atoms with Crippen LogP contribution in [0.25, 0.3) is 0 Å². The first-order chi connectivity index (χ1) is 8.22. The van der Waals surface area contributed by atoms with E-state index in [1.807, 2.05) is 0 Å². The third kappa shape index (κ3) is 3.25. The normalized spacial score (nSPS) is 24.7. The van der Waals surface area contributed by atoms with Crippen molar-refractivity contribution in [1.82, 2.24) is 9.78 Å². The summed E-state index contributed by atoms with van der Waals surface area (Å²) in [4.78, 5) is 0. The third-order valence-electron chi connectivity index (χ3n) is 3.96. The highest BCUT2D eigenvalue weighted by Gasteiger charge is 2.23. The Balaban J connectivity index is 1.94. The molecule has 1 aromatic heterocycles. The molecule has 0 aliphatic heterocycles. The van der Waals surface area contributed by atoms with Crippen molar-refractivity contribution in [2.45, 2.75) is 63.8 Å². The molecule has 1 aliphatic rings. The van der Waals surface area contributed by atoms with Gasteiger partial charge in [0.1, 0.15) is 0 Å². The standard InChI is InChI=1S/C14H23ClN2/c1-3-14(4-2)17-8-7-13(16-17)10-11-5-6-12(15)9-11/h7-8,11-12,14H,3-6,9-10H2,1-2H3. The maximum absolute atomic E-state index is 6.15. The van der Waals surface area contributed by atoms with E-state index >= 15 is 0 Å². The fraction of sp³-hybridized carbons (Fsp3) is 0.786. The summed E-state index contributed by atoms with van der Waals surface area (Å²) in [5.41, 5.74) is 1.24. The van der Waals surface area contributed by atoms with E-state index in [0.29, 0.717) is 11.4 Å². The Morgan fingerprint density at radius 1 is 1.41 bits per heavy atom. The molecule has 1 heterocycles. The number of aromatic nitrogens is 2. The first kappa shape index (κ1) is 12.9. The van der Waals surface area contributed by atoms with Crippen LogP contribution >= 0.6 is 11.6 Å². The molecule has 2 nitrogen and oxygen atoms in total. The minimum atomic E-state index is 0.404. The molecule has 17 heavy (non-hydrogen) atoms. The Kier molecular flexibility index (Phi) is 4.49. The molecule has 3 heteroatoms. The molecule has 0 saturated heterocycles. The third-order valence-corrected chi connectivity index (χ3v) is 4.35. The molecule has 1 aliphatic carbocycles. The van der Waals surface area contributed by atoms with Gasteiger partial charge in [0.15, 0.2) is 0 Å². The molecule has 0 aromatic carbocycles. The van der Waals surface area contributed by atoms with Crippen LogP contribution in [0.4, 0.5) is 0 Å². The Hall–Kier alpha value is -0.500. The van der Waals surface area contributed by atoms with Gasteiger partial charge in [0.05, 0.1) is 11.7 Å². The topological polar surface area (TPSA) is 17.8 Å². The Bertz CT molecular complexity index is 344. The minimum absolute atomic E-state index is 0.404. The molecule has 2 atom stereocenters. The number of halogens is 1. The maximum Gasteiger partial charge on any atom is 0.0627 e. The summed E-state index contributed by atoms with van der Waals surface area (Å²) in [6.07, 6.45) is 9.18. The number of rotatable bonds is 5. The molecule has 96 valence electrons. The summed E-state index contributed by atoms with van der Waals surface area (Å²) >= 11 is 6.15. The van der Waals surface area contributed by atoms with Gasteiger partial charge in [-0.3, -0.25) is 4.68 Å². The van der Waals surface area contributed by atoms with Gasteiger partial charge in [-0.1, -0.05) is 13.8 Å². The summed E-state index contributed by atoms with van der Waals surface area (Å²) in [5.74, 6) is 0.752. The average molecular weight is 255 g/mol. The average Bonchev–Trinajstić information content (AvgIpc) is 2.91. The lowest BCUT2D eigenvalue weighted by Crippen LogP contribution is -2.09. The van der Waals surface area contributed by atoms with E-state index in [1.54, 1.807) is 0 Å². The van der Waals surface area contributed by atoms with Crippen LogP contribution in [0.2, 0.25) is 0 Å². The molecule has 1 aromatic rings. The number of alkyl halides is 1. The molecule has 0 N–H and O–H groups in total. The molecular weight excluding hydrogens is 232 g/mol. The van der Waals surface area contributed by atoms with Crippen LogP contribution in [0, 0.1) is 5.92 Å². The van der Waals surface area contributed by atoms with Gasteiger partial charge in [-0.2, -0.15) is 5.10 Å². The van der Waals surface area contributed by atoms with E-state index < -0.39 is 0 Å². The van der Waals surface area contributed by atoms with Gasteiger partial charge in [0, 0.05) is 11.6 Å². The fourth-order valence-electron chi connectivity index (χ4n) is 2.85. The van der Waals surface area contributed by atoms with E-state index in [1.165, 1.54) is 25.0 Å². The molecule has 1 saturated carbocycles. The van der Waals surface area contributed by atoms with Gasteiger partial charge >= 0.3 is 0 Å². The quantitative estimate of drug-likeness (QED) is 0.721. The highest BCUT2D eigenvalue weighted by molar-refractivity contribution is 6.20.